The third kappa shape index (κ3) is 28.9. The lowest BCUT2D eigenvalue weighted by Crippen LogP contribution is -2.65. The molecule has 1 aliphatic heterocycles. The predicted molar refractivity (Wildman–Crippen MR) is 366 cm³/mol. The molecule has 13 amide bonds. The van der Waals surface area contributed by atoms with Crippen LogP contribution in [-0.4, -0.2) is 212 Å². The SMILES string of the molecule is CC[C@H](C)[C@@H]1NC(=O)[C@@H](CCCNC(=N)N)NC(=O)[C@H](CC(C)C)NC(=O)[C@H]([C@H](O)C(C)C)NC(=O)[C@@H](NC(=O)[C@H](Cc2ccccn2)NC(=O)[C@@H](CC(C)(C)C)NC(=O)OC(C)(C)C)[C@@H](c2ccccc2)NC(=O)[C@H](CO)NC(=O)[C@H]([C@H](O)C(N)=O)NC(=O)CNC(=O)[C@H]([C@H](C)O)NC1=O. The Kier molecular flexibility index (Phi) is 33.9. The highest BCUT2D eigenvalue weighted by Crippen LogP contribution is 2.24. The number of hydrogen-bond acceptors (Lipinski definition) is 20. The van der Waals surface area contributed by atoms with Gasteiger partial charge in [-0.2, -0.15) is 0 Å². The number of carbonyl (C=O) groups is 13. The quantitative estimate of drug-likeness (QED) is 0.0286. The lowest BCUT2D eigenvalue weighted by atomic mass is 9.87. The summed E-state index contributed by atoms with van der Waals surface area (Å²) in [6.45, 7) is 18.4. The average Bonchev–Trinajstić information content (AvgIpc) is 0.811. The summed E-state index contributed by atoms with van der Waals surface area (Å²) < 4.78 is 5.48. The number of nitrogens with one attached hydrogen (secondary N) is 14. The number of hydrogen-bond donors (Lipinski definition) is 20. The molecule has 1 aromatic carbocycles. The van der Waals surface area contributed by atoms with Gasteiger partial charge in [0.2, 0.25) is 70.9 Å². The van der Waals surface area contributed by atoms with Crippen molar-refractivity contribution in [3.63, 3.8) is 0 Å². The predicted octanol–water partition coefficient (Wildman–Crippen LogP) is -4.10. The first kappa shape index (κ1) is 85.6. The van der Waals surface area contributed by atoms with E-state index in [1.165, 1.54) is 56.4 Å². The van der Waals surface area contributed by atoms with Gasteiger partial charge in [0, 0.05) is 24.9 Å². The molecular weight excluding hydrogens is 1320 g/mol. The van der Waals surface area contributed by atoms with E-state index in [0.717, 1.165) is 6.92 Å². The van der Waals surface area contributed by atoms with Crippen molar-refractivity contribution < 1.29 is 87.5 Å². The van der Waals surface area contributed by atoms with Crippen molar-refractivity contribution in [2.45, 2.75) is 219 Å². The molecule has 0 saturated carbocycles. The molecule has 1 fully saturated rings. The lowest BCUT2D eigenvalue weighted by Gasteiger charge is -2.34. The van der Waals surface area contributed by atoms with Crippen LogP contribution in [0.4, 0.5) is 4.79 Å². The average molecular weight is 1420 g/mol. The van der Waals surface area contributed by atoms with E-state index in [4.69, 9.17) is 21.6 Å². The third-order valence-corrected chi connectivity index (χ3v) is 15.8. The van der Waals surface area contributed by atoms with Gasteiger partial charge in [-0.3, -0.25) is 67.9 Å². The van der Waals surface area contributed by atoms with Crippen LogP contribution in [0.2, 0.25) is 0 Å². The molecule has 101 heavy (non-hydrogen) atoms. The van der Waals surface area contributed by atoms with Crippen molar-refractivity contribution in [1.82, 2.24) is 74.1 Å². The second-order valence-electron chi connectivity index (χ2n) is 27.8. The molecule has 1 saturated heterocycles. The molecule has 1 aliphatic rings. The number of aliphatic hydroxyl groups is 4. The largest absolute Gasteiger partial charge is 0.444 e. The van der Waals surface area contributed by atoms with Crippen LogP contribution in [0.3, 0.4) is 0 Å². The van der Waals surface area contributed by atoms with Gasteiger partial charge in [-0.1, -0.05) is 105 Å². The smallest absolute Gasteiger partial charge is 0.408 e. The standard InChI is InChI=1S/C66H105N17O18/c1-14-34(6)44-59(96)80-45(35(7)85)58(95)72-30-43(86)78-49(51(88)52(67)89)62(99)76-42(31-84)57(94)81-46(36-21-16-15-17-22-36)47(82-55(92)40(28-37-23-18-19-25-70-37)74-56(93)41(29-65(8,9)10)77-64(100)101-66(11,12)13)60(97)83-48(50(87)33(4)5)61(98)75-39(27-32(2)3)54(91)73-38(53(90)79-44)24-20-26-71-63(68)69/h15-19,21-23,25,32-35,38-42,44-51,84-85,87-88H,14,20,24,26-31H2,1-13H3,(H2,67,89)(H,72,95)(H,73,91)(H,74,93)(H,75,98)(H,76,99)(H,77,100)(H,78,86)(H,79,90)(H,80,96)(H,81,94)(H,82,92)(H,83,97)(H4,68,69,71)/t34-,35-,38+,39-,40-,41+,42-,44-,45-,46+,47-,48-,49-,50+,51-/m0/s1. The number of pyridine rings is 1. The molecule has 0 radical (unpaired) electrons. The van der Waals surface area contributed by atoms with Crippen molar-refractivity contribution in [2.24, 2.45) is 34.6 Å². The topological polar surface area (TPSA) is 557 Å². The van der Waals surface area contributed by atoms with Crippen LogP contribution >= 0.6 is 0 Å². The first-order chi connectivity index (χ1) is 47.1. The normalized spacial score (nSPS) is 23.4. The summed E-state index contributed by atoms with van der Waals surface area (Å²) in [4.78, 5) is 191. The minimum atomic E-state index is -2.59. The molecule has 35 heteroatoms. The van der Waals surface area contributed by atoms with Crippen molar-refractivity contribution >= 4 is 82.9 Å². The number of nitrogens with zero attached hydrogens (tertiary/aromatic N) is 1. The molecule has 0 unspecified atom stereocenters. The molecule has 2 aromatic rings. The summed E-state index contributed by atoms with van der Waals surface area (Å²) in [5.74, 6) is -17.3. The Morgan fingerprint density at radius 1 is 0.653 bits per heavy atom. The van der Waals surface area contributed by atoms with Crippen LogP contribution in [0.25, 0.3) is 0 Å². The number of guanidine groups is 1. The van der Waals surface area contributed by atoms with Crippen LogP contribution in [0, 0.1) is 28.6 Å². The van der Waals surface area contributed by atoms with Crippen LogP contribution in [0.15, 0.2) is 54.7 Å². The molecule has 0 spiro atoms. The summed E-state index contributed by atoms with van der Waals surface area (Å²) in [6.07, 6.45) is -6.33. The monoisotopic (exact) mass is 1420 g/mol. The summed E-state index contributed by atoms with van der Waals surface area (Å²) in [7, 11) is 0. The Bertz CT molecular complexity index is 3180. The van der Waals surface area contributed by atoms with Gasteiger partial charge in [0.15, 0.2) is 12.1 Å². The van der Waals surface area contributed by atoms with Gasteiger partial charge in [0.1, 0.15) is 66.0 Å². The number of aromatic nitrogens is 1. The van der Waals surface area contributed by atoms with Crippen LogP contribution in [0.5, 0.6) is 0 Å². The number of aliphatic hydroxyl groups excluding tert-OH is 4. The van der Waals surface area contributed by atoms with Crippen LogP contribution in [-0.2, 0) is 68.7 Å². The van der Waals surface area contributed by atoms with Crippen molar-refractivity contribution in [1.29, 1.82) is 5.41 Å². The molecular formula is C66H105N17O18. The van der Waals surface area contributed by atoms with Gasteiger partial charge in [0.05, 0.1) is 31.4 Å². The number of nitrogens with two attached hydrogens (primary N) is 2. The van der Waals surface area contributed by atoms with Crippen LogP contribution in [0.1, 0.15) is 139 Å². The Labute approximate surface area is 587 Å². The van der Waals surface area contributed by atoms with Gasteiger partial charge >= 0.3 is 6.09 Å². The summed E-state index contributed by atoms with van der Waals surface area (Å²) in [6, 6.07) is -8.63. The number of benzene rings is 1. The fourth-order valence-electron chi connectivity index (χ4n) is 10.3. The fraction of sp³-hybridized carbons (Fsp3) is 0.621. The van der Waals surface area contributed by atoms with E-state index < -0.39 is 216 Å². The second-order valence-corrected chi connectivity index (χ2v) is 27.8. The summed E-state index contributed by atoms with van der Waals surface area (Å²) in [5.41, 5.74) is 9.40. The molecule has 3 rings (SSSR count). The Balaban J connectivity index is 2.49. The zero-order valence-corrected chi connectivity index (χ0v) is 59.5. The molecule has 35 nitrogen and oxygen atoms in total. The minimum Gasteiger partial charge on any atom is -0.444 e. The van der Waals surface area contributed by atoms with Crippen molar-refractivity contribution in [2.75, 3.05) is 19.7 Å². The maximum atomic E-state index is 15.7. The van der Waals surface area contributed by atoms with Gasteiger partial charge in [0.25, 0.3) is 0 Å². The summed E-state index contributed by atoms with van der Waals surface area (Å²) >= 11 is 0. The van der Waals surface area contributed by atoms with Gasteiger partial charge in [-0.05, 0) is 94.2 Å². The zero-order valence-electron chi connectivity index (χ0n) is 59.5. The first-order valence-electron chi connectivity index (χ1n) is 33.3. The highest BCUT2D eigenvalue weighted by atomic mass is 16.6. The number of carbonyl (C=O) groups excluding carboxylic acids is 13. The molecule has 22 N–H and O–H groups in total. The third-order valence-electron chi connectivity index (χ3n) is 15.8. The van der Waals surface area contributed by atoms with Crippen molar-refractivity contribution in [3.8, 4) is 0 Å². The molecule has 0 bridgehead atoms. The van der Waals surface area contributed by atoms with Crippen molar-refractivity contribution in [3.05, 3.63) is 66.0 Å². The van der Waals surface area contributed by atoms with Gasteiger partial charge < -0.3 is 106 Å². The number of rotatable bonds is 23. The van der Waals surface area contributed by atoms with E-state index in [9.17, 15) is 68.4 Å². The summed E-state index contributed by atoms with van der Waals surface area (Å²) in [5, 5.41) is 84.2. The van der Waals surface area contributed by atoms with E-state index in [1.54, 1.807) is 81.4 Å². The maximum Gasteiger partial charge on any atom is 0.408 e. The molecule has 562 valence electrons. The maximum absolute atomic E-state index is 15.7. The number of alkyl carbamates (subject to hydrolysis) is 1. The Hall–Kier alpha value is -9.61. The Morgan fingerprint density at radius 3 is 1.76 bits per heavy atom. The van der Waals surface area contributed by atoms with E-state index in [-0.39, 0.29) is 49.9 Å². The zero-order chi connectivity index (χ0) is 76.4. The number of amides is 13. The minimum absolute atomic E-state index is 0.00326. The van der Waals surface area contributed by atoms with Gasteiger partial charge in [-0.15, -0.1) is 0 Å². The molecule has 15 atom stereocenters. The van der Waals surface area contributed by atoms with E-state index >= 15 is 14.4 Å². The lowest BCUT2D eigenvalue weighted by molar-refractivity contribution is -0.140. The van der Waals surface area contributed by atoms with E-state index in [2.05, 4.69) is 68.8 Å². The van der Waals surface area contributed by atoms with E-state index in [0.29, 0.717) is 0 Å². The van der Waals surface area contributed by atoms with Gasteiger partial charge in [-0.25, -0.2) is 4.79 Å². The number of ether oxygens (including phenoxy) is 1. The van der Waals surface area contributed by atoms with Crippen LogP contribution < -0.4 is 80.6 Å². The molecule has 1 aromatic heterocycles. The highest BCUT2D eigenvalue weighted by Gasteiger charge is 2.43. The number of primary amides is 1. The molecule has 2 heterocycles. The second kappa shape index (κ2) is 40.0. The Morgan fingerprint density at radius 2 is 1.22 bits per heavy atom. The first-order valence-corrected chi connectivity index (χ1v) is 33.3. The highest BCUT2D eigenvalue weighted by molar-refractivity contribution is 6.01. The van der Waals surface area contributed by atoms with E-state index in [1.807, 2.05) is 5.32 Å². The fourth-order valence-corrected chi connectivity index (χ4v) is 10.3. The molecule has 0 aliphatic carbocycles.